The molecule has 0 atom stereocenters. The molecule has 11 nitrogen and oxygen atoms in total. The highest BCUT2D eigenvalue weighted by atomic mass is 32.2. The second-order valence-electron chi connectivity index (χ2n) is 6.58. The average molecular weight is 431 g/mol. The smallest absolute Gasteiger partial charge is 0.270 e. The molecule has 0 radical (unpaired) electrons. The molecule has 0 unspecified atom stereocenters. The monoisotopic (exact) mass is 431 g/mol. The van der Waals surface area contributed by atoms with Crippen LogP contribution in [0.5, 0.6) is 0 Å². The highest BCUT2D eigenvalue weighted by Crippen LogP contribution is 2.17. The third-order valence-electron chi connectivity index (χ3n) is 4.11. The van der Waals surface area contributed by atoms with E-state index in [-0.39, 0.29) is 23.7 Å². The minimum absolute atomic E-state index is 0.0588. The fourth-order valence-electron chi connectivity index (χ4n) is 2.84. The summed E-state index contributed by atoms with van der Waals surface area (Å²) in [5, 5.41) is 18.3. The van der Waals surface area contributed by atoms with Crippen molar-refractivity contribution in [3.8, 4) is 5.82 Å². The zero-order chi connectivity index (χ0) is 21.9. The summed E-state index contributed by atoms with van der Waals surface area (Å²) in [6.07, 6.45) is 0. The number of hydrogen-bond acceptors (Lipinski definition) is 8. The van der Waals surface area contributed by atoms with Crippen molar-refractivity contribution in [1.82, 2.24) is 24.5 Å². The number of hydrogen-bond donors (Lipinski definition) is 2. The van der Waals surface area contributed by atoms with Crippen LogP contribution in [-0.2, 0) is 10.0 Å². The maximum atomic E-state index is 12.4. The van der Waals surface area contributed by atoms with Gasteiger partial charge in [-0.25, -0.2) is 27.8 Å². The summed E-state index contributed by atoms with van der Waals surface area (Å²) in [7, 11) is -3.87. The Morgan fingerprint density at radius 2 is 1.87 bits per heavy atom. The van der Waals surface area contributed by atoms with Crippen molar-refractivity contribution in [2.24, 2.45) is 0 Å². The minimum atomic E-state index is -3.87. The van der Waals surface area contributed by atoms with Crippen LogP contribution in [0.4, 0.5) is 11.5 Å². The number of benzene rings is 1. The number of anilines is 1. The number of nitro groups is 1. The SMILES string of the molecule is Cc1cc(C)n(-c2cc(NCCNS(=O)(=O)c3cccc([N+](=O)[O-])c3)nc(C)n2)n1. The highest BCUT2D eigenvalue weighted by molar-refractivity contribution is 7.89. The maximum Gasteiger partial charge on any atom is 0.270 e. The molecule has 0 amide bonds. The Labute approximate surface area is 173 Å². The summed E-state index contributed by atoms with van der Waals surface area (Å²) in [6.45, 7) is 5.88. The van der Waals surface area contributed by atoms with Gasteiger partial charge in [0, 0.05) is 37.0 Å². The van der Waals surface area contributed by atoms with Gasteiger partial charge >= 0.3 is 0 Å². The molecule has 0 saturated heterocycles. The molecular formula is C18H21N7O4S. The number of aromatic nitrogens is 4. The van der Waals surface area contributed by atoms with Crippen LogP contribution in [0.3, 0.4) is 0 Å². The molecule has 0 saturated carbocycles. The van der Waals surface area contributed by atoms with Crippen LogP contribution in [0.2, 0.25) is 0 Å². The summed E-state index contributed by atoms with van der Waals surface area (Å²) >= 11 is 0. The fraction of sp³-hybridized carbons (Fsp3) is 0.278. The van der Waals surface area contributed by atoms with E-state index >= 15 is 0 Å². The van der Waals surface area contributed by atoms with Gasteiger partial charge < -0.3 is 5.32 Å². The third-order valence-corrected chi connectivity index (χ3v) is 5.57. The van der Waals surface area contributed by atoms with Crippen LogP contribution in [0.15, 0.2) is 41.3 Å². The van der Waals surface area contributed by atoms with Crippen molar-refractivity contribution in [1.29, 1.82) is 0 Å². The molecule has 12 heteroatoms. The molecule has 2 aromatic heterocycles. The number of nitrogens with one attached hydrogen (secondary N) is 2. The normalized spacial score (nSPS) is 11.4. The molecule has 2 heterocycles. The van der Waals surface area contributed by atoms with Crippen molar-refractivity contribution in [3.05, 3.63) is 63.7 Å². The second-order valence-corrected chi connectivity index (χ2v) is 8.34. The zero-order valence-corrected chi connectivity index (χ0v) is 17.5. The molecule has 3 rings (SSSR count). The molecule has 0 aliphatic rings. The van der Waals surface area contributed by atoms with E-state index in [4.69, 9.17) is 0 Å². The van der Waals surface area contributed by atoms with Gasteiger partial charge in [0.2, 0.25) is 10.0 Å². The maximum absolute atomic E-state index is 12.4. The van der Waals surface area contributed by atoms with E-state index in [0.717, 1.165) is 17.5 Å². The molecule has 3 aromatic rings. The topological polar surface area (TPSA) is 145 Å². The van der Waals surface area contributed by atoms with Gasteiger partial charge in [-0.3, -0.25) is 10.1 Å². The van der Waals surface area contributed by atoms with Crippen LogP contribution >= 0.6 is 0 Å². The fourth-order valence-corrected chi connectivity index (χ4v) is 3.91. The summed E-state index contributed by atoms with van der Waals surface area (Å²) in [5.41, 5.74) is 1.51. The Hall–Kier alpha value is -3.38. The van der Waals surface area contributed by atoms with Crippen LogP contribution in [-0.4, -0.2) is 46.2 Å². The van der Waals surface area contributed by atoms with Gasteiger partial charge in [-0.05, 0) is 32.9 Å². The van der Waals surface area contributed by atoms with Gasteiger partial charge in [0.1, 0.15) is 11.6 Å². The van der Waals surface area contributed by atoms with Crippen molar-refractivity contribution in [2.75, 3.05) is 18.4 Å². The predicted molar refractivity (Wildman–Crippen MR) is 110 cm³/mol. The molecule has 2 N–H and O–H groups in total. The summed E-state index contributed by atoms with van der Waals surface area (Å²) < 4.78 is 28.8. The lowest BCUT2D eigenvalue weighted by Crippen LogP contribution is -2.29. The Morgan fingerprint density at radius 3 is 2.53 bits per heavy atom. The average Bonchev–Trinajstić information content (AvgIpc) is 3.03. The first-order valence-electron chi connectivity index (χ1n) is 9.03. The van der Waals surface area contributed by atoms with E-state index in [1.807, 2.05) is 19.9 Å². The minimum Gasteiger partial charge on any atom is -0.369 e. The lowest BCUT2D eigenvalue weighted by molar-refractivity contribution is -0.385. The first-order chi connectivity index (χ1) is 14.2. The van der Waals surface area contributed by atoms with Crippen LogP contribution < -0.4 is 10.0 Å². The van der Waals surface area contributed by atoms with Gasteiger partial charge in [-0.15, -0.1) is 0 Å². The molecule has 0 aliphatic heterocycles. The van der Waals surface area contributed by atoms with E-state index in [2.05, 4.69) is 25.1 Å². The Bertz CT molecular complexity index is 1190. The Kier molecular flexibility index (Phi) is 6.08. The quantitative estimate of drug-likeness (QED) is 0.312. The van der Waals surface area contributed by atoms with Crippen molar-refractivity contribution in [3.63, 3.8) is 0 Å². The van der Waals surface area contributed by atoms with Crippen molar-refractivity contribution < 1.29 is 13.3 Å². The summed E-state index contributed by atoms with van der Waals surface area (Å²) in [6, 6.07) is 8.55. The highest BCUT2D eigenvalue weighted by Gasteiger charge is 2.17. The molecule has 158 valence electrons. The second kappa shape index (κ2) is 8.55. The molecular weight excluding hydrogens is 410 g/mol. The van der Waals surface area contributed by atoms with E-state index in [1.165, 1.54) is 18.2 Å². The first kappa shape index (κ1) is 21.3. The molecule has 30 heavy (non-hydrogen) atoms. The Balaban J connectivity index is 1.65. The number of rotatable bonds is 8. The van der Waals surface area contributed by atoms with Gasteiger partial charge in [-0.2, -0.15) is 5.10 Å². The van der Waals surface area contributed by atoms with E-state index in [1.54, 1.807) is 17.7 Å². The standard InChI is InChI=1S/C18H21N7O4S/c1-12-9-13(2)24(23-12)18-11-17(21-14(3)22-18)19-7-8-20-30(28,29)16-6-4-5-15(10-16)25(26)27/h4-6,9-11,20H,7-8H2,1-3H3,(H,19,21,22). The lowest BCUT2D eigenvalue weighted by atomic mass is 10.3. The first-order valence-corrected chi connectivity index (χ1v) is 10.5. The van der Waals surface area contributed by atoms with Crippen LogP contribution in [0, 0.1) is 30.9 Å². The van der Waals surface area contributed by atoms with Gasteiger partial charge in [0.05, 0.1) is 15.5 Å². The number of sulfonamides is 1. The van der Waals surface area contributed by atoms with Crippen LogP contribution in [0.1, 0.15) is 17.2 Å². The lowest BCUT2D eigenvalue weighted by Gasteiger charge is -2.10. The third kappa shape index (κ3) is 4.96. The molecule has 0 aliphatic carbocycles. The van der Waals surface area contributed by atoms with E-state index in [9.17, 15) is 18.5 Å². The molecule has 0 spiro atoms. The number of aryl methyl sites for hydroxylation is 3. The molecule has 1 aromatic carbocycles. The number of non-ortho nitro benzene ring substituents is 1. The largest absolute Gasteiger partial charge is 0.369 e. The molecule has 0 fully saturated rings. The zero-order valence-electron chi connectivity index (χ0n) is 16.7. The van der Waals surface area contributed by atoms with Gasteiger partial charge in [0.15, 0.2) is 5.82 Å². The molecule has 0 bridgehead atoms. The summed E-state index contributed by atoms with van der Waals surface area (Å²) in [5.74, 6) is 1.67. The van der Waals surface area contributed by atoms with Gasteiger partial charge in [0.25, 0.3) is 5.69 Å². The van der Waals surface area contributed by atoms with Crippen LogP contribution in [0.25, 0.3) is 5.82 Å². The van der Waals surface area contributed by atoms with Gasteiger partial charge in [-0.1, -0.05) is 6.07 Å². The summed E-state index contributed by atoms with van der Waals surface area (Å²) in [4.78, 5) is 18.7. The van der Waals surface area contributed by atoms with E-state index in [0.29, 0.717) is 17.5 Å². The number of nitrogens with zero attached hydrogens (tertiary/aromatic N) is 5. The van der Waals surface area contributed by atoms with Crippen molar-refractivity contribution >= 4 is 21.5 Å². The van der Waals surface area contributed by atoms with Crippen molar-refractivity contribution in [2.45, 2.75) is 25.7 Å². The predicted octanol–water partition coefficient (Wildman–Crippen LogP) is 1.89. The number of nitro benzene ring substituents is 1. The Morgan fingerprint density at radius 1 is 1.10 bits per heavy atom. The van der Waals surface area contributed by atoms with E-state index < -0.39 is 14.9 Å².